The number of fused-ring (bicyclic) bond motifs is 5. The maximum atomic E-state index is 14.0. The highest BCUT2D eigenvalue weighted by atomic mass is 19.2. The van der Waals surface area contributed by atoms with Crippen LogP contribution in [0.25, 0.3) is 17.0 Å². The summed E-state index contributed by atoms with van der Waals surface area (Å²) in [6, 6.07) is 3.45. The van der Waals surface area contributed by atoms with Crippen LogP contribution in [0, 0.1) is 24.4 Å². The first kappa shape index (κ1) is 20.9. The number of carbonyl (C=O) groups is 1. The predicted molar refractivity (Wildman–Crippen MR) is 116 cm³/mol. The summed E-state index contributed by atoms with van der Waals surface area (Å²) >= 11 is 0. The Morgan fingerprint density at radius 3 is 2.68 bits per heavy atom. The number of hydrogen-bond acceptors (Lipinski definition) is 4. The first-order chi connectivity index (χ1) is 16.3. The highest BCUT2D eigenvalue weighted by Gasteiger charge is 2.44. The van der Waals surface area contributed by atoms with Gasteiger partial charge in [-0.2, -0.15) is 5.10 Å². The van der Waals surface area contributed by atoms with Gasteiger partial charge in [-0.15, -0.1) is 0 Å². The molecule has 2 bridgehead atoms. The number of rotatable bonds is 2. The molecule has 1 fully saturated rings. The van der Waals surface area contributed by atoms with Crippen LogP contribution in [0.3, 0.4) is 0 Å². The maximum absolute atomic E-state index is 14.0. The van der Waals surface area contributed by atoms with Gasteiger partial charge >= 0.3 is 0 Å². The Bertz CT molecular complexity index is 1450. The standard InChI is InChI=1S/C24H21F3N6O/c1-12-6-7-32-19(11-28-24(32)29-12)23(34)33-14-4-3-5-18(33)21-15(10-14)22(31(2)30-21)13-8-16(25)20(27)17(26)9-13/h6-9,11,14,18H,3-5,10H2,1-2H3. The van der Waals surface area contributed by atoms with Gasteiger partial charge in [0.2, 0.25) is 5.78 Å². The highest BCUT2D eigenvalue weighted by molar-refractivity contribution is 5.94. The van der Waals surface area contributed by atoms with Crippen LogP contribution in [-0.2, 0) is 13.5 Å². The number of aromatic nitrogens is 5. The largest absolute Gasteiger partial charge is 0.325 e. The van der Waals surface area contributed by atoms with Gasteiger partial charge < -0.3 is 4.90 Å². The van der Waals surface area contributed by atoms with E-state index >= 15 is 0 Å². The highest BCUT2D eigenvalue weighted by Crippen LogP contribution is 2.45. The number of aryl methyl sites for hydroxylation is 2. The third kappa shape index (κ3) is 2.97. The molecule has 0 spiro atoms. The minimum absolute atomic E-state index is 0.0965. The third-order valence-electron chi connectivity index (χ3n) is 6.91. The summed E-state index contributed by atoms with van der Waals surface area (Å²) in [5.74, 6) is -3.66. The molecule has 0 aliphatic carbocycles. The summed E-state index contributed by atoms with van der Waals surface area (Å²) < 4.78 is 44.8. The zero-order valence-electron chi connectivity index (χ0n) is 18.6. The van der Waals surface area contributed by atoms with Crippen LogP contribution in [0.2, 0.25) is 0 Å². The van der Waals surface area contributed by atoms with Crippen LogP contribution >= 0.6 is 0 Å². The second-order valence-electron chi connectivity index (χ2n) is 8.99. The van der Waals surface area contributed by atoms with Gasteiger partial charge in [0.05, 0.1) is 23.6 Å². The summed E-state index contributed by atoms with van der Waals surface area (Å²) in [4.78, 5) is 24.3. The Morgan fingerprint density at radius 1 is 1.15 bits per heavy atom. The molecule has 2 atom stereocenters. The smallest absolute Gasteiger partial charge is 0.273 e. The van der Waals surface area contributed by atoms with Gasteiger partial charge in [0, 0.05) is 36.1 Å². The zero-order valence-corrected chi connectivity index (χ0v) is 18.6. The number of halogens is 3. The van der Waals surface area contributed by atoms with Crippen molar-refractivity contribution in [2.75, 3.05) is 0 Å². The molecule has 6 rings (SSSR count). The maximum Gasteiger partial charge on any atom is 0.273 e. The molecule has 0 N–H and O–H groups in total. The molecular formula is C24H21F3N6O. The van der Waals surface area contributed by atoms with Gasteiger partial charge in [0.25, 0.3) is 5.91 Å². The topological polar surface area (TPSA) is 68.3 Å². The van der Waals surface area contributed by atoms with Crippen molar-refractivity contribution in [2.45, 2.75) is 44.7 Å². The molecule has 5 heterocycles. The Hall–Kier alpha value is -3.69. The molecule has 1 amide bonds. The van der Waals surface area contributed by atoms with Crippen molar-refractivity contribution in [3.63, 3.8) is 0 Å². The molecule has 10 heteroatoms. The fourth-order valence-corrected chi connectivity index (χ4v) is 5.45. The van der Waals surface area contributed by atoms with E-state index in [9.17, 15) is 18.0 Å². The van der Waals surface area contributed by atoms with E-state index in [0.29, 0.717) is 23.6 Å². The second-order valence-corrected chi connectivity index (χ2v) is 8.99. The van der Waals surface area contributed by atoms with E-state index in [-0.39, 0.29) is 23.6 Å². The van der Waals surface area contributed by atoms with E-state index in [0.717, 1.165) is 48.3 Å². The molecule has 2 aliphatic heterocycles. The quantitative estimate of drug-likeness (QED) is 0.417. The molecule has 1 aromatic carbocycles. The molecule has 2 aliphatic rings. The van der Waals surface area contributed by atoms with Gasteiger partial charge in [-0.1, -0.05) is 0 Å². The van der Waals surface area contributed by atoms with Gasteiger partial charge in [0.1, 0.15) is 5.69 Å². The second kappa shape index (κ2) is 7.41. The van der Waals surface area contributed by atoms with Crippen molar-refractivity contribution in [3.05, 3.63) is 70.7 Å². The number of hydrogen-bond donors (Lipinski definition) is 0. The summed E-state index contributed by atoms with van der Waals surface area (Å²) in [5.41, 5.74) is 3.59. The Labute approximate surface area is 192 Å². The van der Waals surface area contributed by atoms with E-state index < -0.39 is 17.5 Å². The van der Waals surface area contributed by atoms with Crippen molar-refractivity contribution in [1.29, 1.82) is 0 Å². The SMILES string of the molecule is Cc1ccn2c(C(=O)N3C4CCCC3c3nn(C)c(-c5cc(F)c(F)c(F)c5)c3C4)cnc2n1. The normalized spacial score (nSPS) is 19.5. The van der Waals surface area contributed by atoms with Gasteiger partial charge in [-0.25, -0.2) is 23.1 Å². The Morgan fingerprint density at radius 2 is 1.91 bits per heavy atom. The van der Waals surface area contributed by atoms with E-state index in [4.69, 9.17) is 0 Å². The van der Waals surface area contributed by atoms with Crippen LogP contribution in [0.5, 0.6) is 0 Å². The van der Waals surface area contributed by atoms with E-state index in [1.54, 1.807) is 28.5 Å². The molecule has 1 saturated heterocycles. The minimum Gasteiger partial charge on any atom is -0.325 e. The average Bonchev–Trinajstić information content (AvgIpc) is 3.36. The predicted octanol–water partition coefficient (Wildman–Crippen LogP) is 4.15. The molecule has 7 nitrogen and oxygen atoms in total. The van der Waals surface area contributed by atoms with Crippen LogP contribution in [0.1, 0.15) is 52.7 Å². The van der Waals surface area contributed by atoms with E-state index in [2.05, 4.69) is 15.1 Å². The first-order valence-electron chi connectivity index (χ1n) is 11.2. The van der Waals surface area contributed by atoms with Crippen LogP contribution in [-0.4, -0.2) is 41.0 Å². The fourth-order valence-electron chi connectivity index (χ4n) is 5.45. The number of imidazole rings is 1. The fraction of sp³-hybridized carbons (Fsp3) is 0.333. The lowest BCUT2D eigenvalue weighted by Crippen LogP contribution is -2.50. The summed E-state index contributed by atoms with van der Waals surface area (Å²) in [6.45, 7) is 1.87. The van der Waals surface area contributed by atoms with Crippen molar-refractivity contribution >= 4 is 11.7 Å². The molecule has 3 aromatic heterocycles. The lowest BCUT2D eigenvalue weighted by atomic mass is 9.81. The number of amides is 1. The van der Waals surface area contributed by atoms with Crippen molar-refractivity contribution in [1.82, 2.24) is 29.0 Å². The number of nitrogens with zero attached hydrogens (tertiary/aromatic N) is 6. The monoisotopic (exact) mass is 466 g/mol. The average molecular weight is 466 g/mol. The molecule has 2 unspecified atom stereocenters. The minimum atomic E-state index is -1.49. The molecule has 34 heavy (non-hydrogen) atoms. The van der Waals surface area contributed by atoms with Gasteiger partial charge in [-0.3, -0.25) is 13.9 Å². The summed E-state index contributed by atoms with van der Waals surface area (Å²) in [6.07, 6.45) is 6.30. The lowest BCUT2D eigenvalue weighted by molar-refractivity contribution is 0.0385. The van der Waals surface area contributed by atoms with E-state index in [1.807, 2.05) is 17.9 Å². The Kier molecular flexibility index (Phi) is 4.55. The van der Waals surface area contributed by atoms with Crippen LogP contribution < -0.4 is 0 Å². The lowest BCUT2D eigenvalue weighted by Gasteiger charge is -2.45. The third-order valence-corrected chi connectivity index (χ3v) is 6.91. The van der Waals surface area contributed by atoms with Crippen molar-refractivity contribution in [3.8, 4) is 11.3 Å². The van der Waals surface area contributed by atoms with Crippen molar-refractivity contribution < 1.29 is 18.0 Å². The first-order valence-corrected chi connectivity index (χ1v) is 11.2. The van der Waals surface area contributed by atoms with Crippen LogP contribution in [0.4, 0.5) is 13.2 Å². The molecule has 0 radical (unpaired) electrons. The van der Waals surface area contributed by atoms with Gasteiger partial charge in [-0.05, 0) is 50.8 Å². The Balaban J connectivity index is 1.44. The molecule has 0 saturated carbocycles. The number of piperidine rings is 1. The zero-order chi connectivity index (χ0) is 23.7. The number of carbonyl (C=O) groups excluding carboxylic acids is 1. The van der Waals surface area contributed by atoms with Gasteiger partial charge in [0.15, 0.2) is 17.5 Å². The van der Waals surface area contributed by atoms with Crippen LogP contribution in [0.15, 0.2) is 30.6 Å². The van der Waals surface area contributed by atoms with E-state index in [1.165, 1.54) is 0 Å². The summed E-state index contributed by atoms with van der Waals surface area (Å²) in [7, 11) is 1.70. The number of benzene rings is 1. The molecular weight excluding hydrogens is 445 g/mol. The van der Waals surface area contributed by atoms with Crippen molar-refractivity contribution in [2.24, 2.45) is 7.05 Å². The summed E-state index contributed by atoms with van der Waals surface area (Å²) in [5, 5.41) is 4.67. The molecule has 174 valence electrons. The molecule has 4 aromatic rings.